The number of methoxy groups -OCH3 is 1. The minimum atomic E-state index is -4.61. The molecule has 0 bridgehead atoms. The fourth-order valence-electron chi connectivity index (χ4n) is 3.22. The first-order chi connectivity index (χ1) is 14.7. The molecule has 1 aliphatic heterocycles. The summed E-state index contributed by atoms with van der Waals surface area (Å²) in [5, 5.41) is 2.65. The van der Waals surface area contributed by atoms with Gasteiger partial charge in [0.2, 0.25) is 0 Å². The quantitative estimate of drug-likeness (QED) is 0.656. The van der Waals surface area contributed by atoms with Gasteiger partial charge in [0.05, 0.1) is 30.7 Å². The maximum Gasteiger partial charge on any atom is 0.416 e. The lowest BCUT2D eigenvalue weighted by Gasteiger charge is -2.23. The monoisotopic (exact) mass is 457 g/mol. The molecule has 2 atom stereocenters. The Labute approximate surface area is 181 Å². The number of amides is 1. The van der Waals surface area contributed by atoms with Gasteiger partial charge in [0, 0.05) is 16.8 Å². The smallest absolute Gasteiger partial charge is 0.416 e. The van der Waals surface area contributed by atoms with Gasteiger partial charge in [-0.05, 0) is 31.2 Å². The number of hydrogen-bond acceptors (Lipinski definition) is 5. The molecule has 1 aliphatic rings. The molecule has 1 heterocycles. The number of alkyl halides is 3. The van der Waals surface area contributed by atoms with Gasteiger partial charge in [0.1, 0.15) is 18.0 Å². The topological polar surface area (TPSA) is 73.9 Å². The normalized spacial score (nSPS) is 18.6. The van der Waals surface area contributed by atoms with E-state index in [0.29, 0.717) is 0 Å². The Kier molecular flexibility index (Phi) is 6.76. The zero-order valence-electron chi connectivity index (χ0n) is 16.6. The highest BCUT2D eigenvalue weighted by Gasteiger charge is 2.37. The van der Waals surface area contributed by atoms with Crippen LogP contribution in [0.3, 0.4) is 0 Å². The third kappa shape index (κ3) is 4.94. The summed E-state index contributed by atoms with van der Waals surface area (Å²) in [6, 6.07) is 7.62. The molecule has 1 N–H and O–H groups in total. The molecule has 166 valence electrons. The van der Waals surface area contributed by atoms with E-state index in [4.69, 9.17) is 25.8 Å². The van der Waals surface area contributed by atoms with Crippen molar-refractivity contribution >= 4 is 29.2 Å². The highest BCUT2D eigenvalue weighted by molar-refractivity contribution is 6.33. The molecule has 6 nitrogen and oxygen atoms in total. The molecule has 0 aromatic heterocycles. The highest BCUT2D eigenvalue weighted by atomic mass is 35.5. The van der Waals surface area contributed by atoms with Crippen LogP contribution < -0.4 is 10.1 Å². The van der Waals surface area contributed by atoms with Crippen molar-refractivity contribution in [2.45, 2.75) is 31.7 Å². The van der Waals surface area contributed by atoms with Gasteiger partial charge in [0.25, 0.3) is 5.91 Å². The van der Waals surface area contributed by atoms with Crippen molar-refractivity contribution < 1.29 is 37.0 Å². The van der Waals surface area contributed by atoms with Crippen LogP contribution >= 0.6 is 11.6 Å². The van der Waals surface area contributed by atoms with Crippen LogP contribution in [-0.4, -0.2) is 31.7 Å². The summed E-state index contributed by atoms with van der Waals surface area (Å²) in [7, 11) is 1.39. The van der Waals surface area contributed by atoms with Crippen molar-refractivity contribution in [3.63, 3.8) is 0 Å². The van der Waals surface area contributed by atoms with E-state index < -0.39 is 42.2 Å². The van der Waals surface area contributed by atoms with Crippen molar-refractivity contribution in [3.05, 3.63) is 58.1 Å². The Morgan fingerprint density at radius 1 is 1.23 bits per heavy atom. The summed E-state index contributed by atoms with van der Waals surface area (Å²) in [5.74, 6) is -1.09. The highest BCUT2D eigenvalue weighted by Crippen LogP contribution is 2.43. The second-order valence-electron chi connectivity index (χ2n) is 6.67. The van der Waals surface area contributed by atoms with Crippen LogP contribution in [0.15, 0.2) is 36.4 Å². The van der Waals surface area contributed by atoms with Crippen molar-refractivity contribution in [3.8, 4) is 5.75 Å². The Bertz CT molecular complexity index is 995. The summed E-state index contributed by atoms with van der Waals surface area (Å²) in [5.41, 5.74) is -0.471. The first-order valence-electron chi connectivity index (χ1n) is 9.31. The van der Waals surface area contributed by atoms with Crippen molar-refractivity contribution in [2.75, 3.05) is 19.0 Å². The summed E-state index contributed by atoms with van der Waals surface area (Å²) in [4.78, 5) is 24.6. The minimum Gasteiger partial charge on any atom is -0.495 e. The molecule has 31 heavy (non-hydrogen) atoms. The molecular formula is C21H19ClF3NO5. The Morgan fingerprint density at radius 2 is 1.97 bits per heavy atom. The third-order valence-electron chi connectivity index (χ3n) is 4.66. The van der Waals surface area contributed by atoms with Crippen LogP contribution in [0, 0.1) is 0 Å². The Balaban J connectivity index is 2.14. The second-order valence-corrected chi connectivity index (χ2v) is 7.04. The molecule has 0 radical (unpaired) electrons. The molecule has 3 rings (SSSR count). The first kappa shape index (κ1) is 22.9. The van der Waals surface area contributed by atoms with Gasteiger partial charge in [0.15, 0.2) is 0 Å². The number of fused-ring (bicyclic) bond motifs is 1. The maximum absolute atomic E-state index is 13.4. The van der Waals surface area contributed by atoms with E-state index in [9.17, 15) is 22.8 Å². The van der Waals surface area contributed by atoms with E-state index in [1.165, 1.54) is 7.11 Å². The van der Waals surface area contributed by atoms with E-state index in [0.717, 1.165) is 18.2 Å². The number of esters is 1. The number of carbonyl (C=O) groups is 2. The van der Waals surface area contributed by atoms with E-state index in [-0.39, 0.29) is 34.2 Å². The van der Waals surface area contributed by atoms with E-state index in [1.54, 1.807) is 25.1 Å². The molecule has 0 saturated heterocycles. The molecule has 2 aromatic rings. The van der Waals surface area contributed by atoms with Crippen molar-refractivity contribution in [2.24, 2.45) is 0 Å². The molecule has 0 spiro atoms. The number of hydrogen-bond donors (Lipinski definition) is 1. The lowest BCUT2D eigenvalue weighted by molar-refractivity contribution is -0.150. The summed E-state index contributed by atoms with van der Waals surface area (Å²) >= 11 is 6.41. The molecule has 2 aromatic carbocycles. The standard InChI is InChI=1S/C21H19ClF3NO5/c1-3-30-17(27)10-16-20(28)26-14-8-7-11(21(23,24)25)9-13(14)19(31-16)12-5-4-6-15(29-2)18(12)22/h4-9,16,19H,3,10H2,1-2H3,(H,26,28)/t16-,19-/m0/s1. The van der Waals surface area contributed by atoms with Crippen LogP contribution in [0.4, 0.5) is 18.9 Å². The third-order valence-corrected chi connectivity index (χ3v) is 5.07. The van der Waals surface area contributed by atoms with E-state index in [1.807, 2.05) is 0 Å². The SMILES string of the molecule is CCOC(=O)C[C@@H]1O[C@@H](c2cccc(OC)c2Cl)c2cc(C(F)(F)F)ccc2NC1=O. The largest absolute Gasteiger partial charge is 0.495 e. The number of anilines is 1. The zero-order chi connectivity index (χ0) is 22.8. The predicted molar refractivity (Wildman–Crippen MR) is 106 cm³/mol. The molecular weight excluding hydrogens is 439 g/mol. The second kappa shape index (κ2) is 9.15. The van der Waals surface area contributed by atoms with Gasteiger partial charge in [-0.15, -0.1) is 0 Å². The van der Waals surface area contributed by atoms with Crippen molar-refractivity contribution in [1.29, 1.82) is 0 Å². The van der Waals surface area contributed by atoms with Gasteiger partial charge >= 0.3 is 12.1 Å². The molecule has 0 unspecified atom stereocenters. The van der Waals surface area contributed by atoms with Gasteiger partial charge < -0.3 is 19.5 Å². The van der Waals surface area contributed by atoms with Crippen LogP contribution in [0.1, 0.15) is 36.1 Å². The molecule has 0 aliphatic carbocycles. The van der Waals surface area contributed by atoms with Crippen molar-refractivity contribution in [1.82, 2.24) is 0 Å². The summed E-state index contributed by atoms with van der Waals surface area (Å²) < 4.78 is 56.0. The number of rotatable bonds is 5. The van der Waals surface area contributed by atoms with Gasteiger partial charge in [-0.1, -0.05) is 23.7 Å². The Morgan fingerprint density at radius 3 is 2.61 bits per heavy atom. The van der Waals surface area contributed by atoms with Crippen LogP contribution in [0.5, 0.6) is 5.75 Å². The van der Waals surface area contributed by atoms with Crippen LogP contribution in [-0.2, 0) is 25.2 Å². The average Bonchev–Trinajstić information content (AvgIpc) is 2.84. The van der Waals surface area contributed by atoms with Crippen LogP contribution in [0.25, 0.3) is 0 Å². The minimum absolute atomic E-state index is 0.0460. The lowest BCUT2D eigenvalue weighted by Crippen LogP contribution is -2.32. The number of carbonyl (C=O) groups excluding carboxylic acids is 2. The fourth-order valence-corrected chi connectivity index (χ4v) is 3.53. The predicted octanol–water partition coefficient (Wildman–Crippen LogP) is 4.75. The summed E-state index contributed by atoms with van der Waals surface area (Å²) in [6.45, 7) is 1.72. The van der Waals surface area contributed by atoms with Crippen LogP contribution in [0.2, 0.25) is 5.02 Å². The lowest BCUT2D eigenvalue weighted by atomic mass is 9.97. The number of ether oxygens (including phenoxy) is 3. The molecule has 0 saturated carbocycles. The van der Waals surface area contributed by atoms with Gasteiger partial charge in [-0.2, -0.15) is 13.2 Å². The average molecular weight is 458 g/mol. The zero-order valence-corrected chi connectivity index (χ0v) is 17.3. The van der Waals surface area contributed by atoms with Gasteiger partial charge in [-0.3, -0.25) is 9.59 Å². The summed E-state index contributed by atoms with van der Waals surface area (Å²) in [6.07, 6.45) is -7.53. The molecule has 0 fully saturated rings. The number of benzene rings is 2. The Hall–Kier alpha value is -2.78. The van der Waals surface area contributed by atoms with E-state index >= 15 is 0 Å². The molecule has 10 heteroatoms. The fraction of sp³-hybridized carbons (Fsp3) is 0.333. The first-order valence-corrected chi connectivity index (χ1v) is 9.69. The number of nitrogens with one attached hydrogen (secondary N) is 1. The number of halogens is 4. The molecule has 1 amide bonds. The van der Waals surface area contributed by atoms with Gasteiger partial charge in [-0.25, -0.2) is 0 Å². The maximum atomic E-state index is 13.4. The van der Waals surface area contributed by atoms with E-state index in [2.05, 4.69) is 5.32 Å².